The molecule has 0 atom stereocenters. The molecule has 2 nitrogen and oxygen atoms in total. The quantitative estimate of drug-likeness (QED) is 0.641. The van der Waals surface area contributed by atoms with E-state index in [2.05, 4.69) is 6.07 Å². The largest absolute Gasteiger partial charge is 0.392 e. The number of aliphatic hydroxyl groups is 1. The smallest absolute Gasteiger partial charge is 0.159 e. The second-order valence-electron chi connectivity index (χ2n) is 2.32. The van der Waals surface area contributed by atoms with Gasteiger partial charge in [0, 0.05) is 5.56 Å². The standard InChI is InChI=1S/C9H9O2/c1-7(11)9-4-2-3-8(5-9)6-10/h2,4-5,10H,6H2,1H3. The minimum Gasteiger partial charge on any atom is -0.392 e. The maximum absolute atomic E-state index is 10.8. The van der Waals surface area contributed by atoms with Gasteiger partial charge in [0.05, 0.1) is 6.61 Å². The summed E-state index contributed by atoms with van der Waals surface area (Å²) in [5.41, 5.74) is 1.27. The van der Waals surface area contributed by atoms with E-state index in [4.69, 9.17) is 5.11 Å². The Bertz CT molecular complexity index is 266. The number of carbonyl (C=O) groups excluding carboxylic acids is 1. The van der Waals surface area contributed by atoms with E-state index >= 15 is 0 Å². The van der Waals surface area contributed by atoms with Crippen molar-refractivity contribution in [1.29, 1.82) is 0 Å². The molecular weight excluding hydrogens is 140 g/mol. The second kappa shape index (κ2) is 3.30. The van der Waals surface area contributed by atoms with Crippen LogP contribution in [0.4, 0.5) is 0 Å². The molecule has 1 aromatic rings. The molecule has 0 aromatic heterocycles. The molecule has 11 heavy (non-hydrogen) atoms. The molecule has 1 aromatic carbocycles. The summed E-state index contributed by atoms with van der Waals surface area (Å²) in [6.07, 6.45) is 0. The monoisotopic (exact) mass is 149 g/mol. The number of aliphatic hydroxyl groups excluding tert-OH is 1. The van der Waals surface area contributed by atoms with Crippen molar-refractivity contribution in [3.8, 4) is 0 Å². The lowest BCUT2D eigenvalue weighted by molar-refractivity contribution is 0.101. The SMILES string of the molecule is CC(=O)c1cc[c]c(CO)c1. The van der Waals surface area contributed by atoms with Gasteiger partial charge in [-0.05, 0) is 24.6 Å². The number of hydrogen-bond acceptors (Lipinski definition) is 2. The fourth-order valence-corrected chi connectivity index (χ4v) is 0.826. The third kappa shape index (κ3) is 1.88. The van der Waals surface area contributed by atoms with Crippen LogP contribution in [0.3, 0.4) is 0 Å². The summed E-state index contributed by atoms with van der Waals surface area (Å²) in [6.45, 7) is 1.43. The van der Waals surface area contributed by atoms with Crippen LogP contribution in [-0.4, -0.2) is 10.9 Å². The van der Waals surface area contributed by atoms with E-state index < -0.39 is 0 Å². The molecule has 0 bridgehead atoms. The molecule has 0 saturated heterocycles. The van der Waals surface area contributed by atoms with Crippen LogP contribution in [0.1, 0.15) is 22.8 Å². The van der Waals surface area contributed by atoms with Crippen molar-refractivity contribution >= 4 is 5.78 Å². The lowest BCUT2D eigenvalue weighted by Crippen LogP contribution is -1.93. The van der Waals surface area contributed by atoms with Gasteiger partial charge in [-0.3, -0.25) is 4.79 Å². The maximum atomic E-state index is 10.8. The second-order valence-corrected chi connectivity index (χ2v) is 2.32. The first kappa shape index (κ1) is 7.95. The van der Waals surface area contributed by atoms with Crippen molar-refractivity contribution in [1.82, 2.24) is 0 Å². The Labute approximate surface area is 65.5 Å². The minimum absolute atomic E-state index is 0.00806. The molecule has 0 unspecified atom stereocenters. The molecule has 1 N–H and O–H groups in total. The van der Waals surface area contributed by atoms with E-state index in [9.17, 15) is 4.79 Å². The average Bonchev–Trinajstić information content (AvgIpc) is 2.05. The zero-order valence-corrected chi connectivity index (χ0v) is 6.29. The number of rotatable bonds is 2. The van der Waals surface area contributed by atoms with Crippen LogP contribution in [0.15, 0.2) is 18.2 Å². The Kier molecular flexibility index (Phi) is 2.39. The first-order valence-corrected chi connectivity index (χ1v) is 3.36. The highest BCUT2D eigenvalue weighted by atomic mass is 16.3. The third-order valence-corrected chi connectivity index (χ3v) is 1.44. The lowest BCUT2D eigenvalue weighted by Gasteiger charge is -1.97. The summed E-state index contributed by atoms with van der Waals surface area (Å²) in [7, 11) is 0. The van der Waals surface area contributed by atoms with E-state index in [1.165, 1.54) is 6.92 Å². The molecule has 0 aliphatic carbocycles. The van der Waals surface area contributed by atoms with Gasteiger partial charge in [0.25, 0.3) is 0 Å². The first-order valence-electron chi connectivity index (χ1n) is 3.36. The molecule has 57 valence electrons. The molecule has 0 saturated carbocycles. The van der Waals surface area contributed by atoms with E-state index in [0.717, 1.165) is 0 Å². The number of benzene rings is 1. The van der Waals surface area contributed by atoms with E-state index in [-0.39, 0.29) is 12.4 Å². The Morgan fingerprint density at radius 1 is 1.73 bits per heavy atom. The molecular formula is C9H9O2. The summed E-state index contributed by atoms with van der Waals surface area (Å²) in [6, 6.07) is 7.78. The molecule has 0 aliphatic heterocycles. The normalized spacial score (nSPS) is 9.64. The van der Waals surface area contributed by atoms with Crippen molar-refractivity contribution in [2.75, 3.05) is 0 Å². The molecule has 2 heteroatoms. The van der Waals surface area contributed by atoms with Gasteiger partial charge in [-0.1, -0.05) is 12.1 Å². The van der Waals surface area contributed by atoms with Gasteiger partial charge in [0.15, 0.2) is 5.78 Å². The van der Waals surface area contributed by atoms with Gasteiger partial charge in [-0.15, -0.1) is 0 Å². The third-order valence-electron chi connectivity index (χ3n) is 1.44. The van der Waals surface area contributed by atoms with Gasteiger partial charge >= 0.3 is 0 Å². The minimum atomic E-state index is -0.0683. The van der Waals surface area contributed by atoms with Crippen LogP contribution in [0.2, 0.25) is 0 Å². The number of hydrogen-bond donors (Lipinski definition) is 1. The van der Waals surface area contributed by atoms with Crippen LogP contribution in [0.5, 0.6) is 0 Å². The molecule has 0 spiro atoms. The van der Waals surface area contributed by atoms with E-state index in [1.807, 2.05) is 0 Å². The zero-order chi connectivity index (χ0) is 8.27. The topological polar surface area (TPSA) is 37.3 Å². The van der Waals surface area contributed by atoms with Crippen LogP contribution in [0, 0.1) is 6.07 Å². The highest BCUT2D eigenvalue weighted by Gasteiger charge is 1.98. The van der Waals surface area contributed by atoms with E-state index in [1.54, 1.807) is 18.2 Å². The molecule has 0 heterocycles. The number of carbonyl (C=O) groups is 1. The highest BCUT2D eigenvalue weighted by Crippen LogP contribution is 2.04. The molecule has 1 radical (unpaired) electrons. The Hall–Kier alpha value is -1.15. The number of Topliss-reactive ketones (excluding diaryl/α,β-unsaturated/α-hetero) is 1. The van der Waals surface area contributed by atoms with Crippen molar-refractivity contribution in [2.45, 2.75) is 13.5 Å². The Morgan fingerprint density at radius 2 is 2.45 bits per heavy atom. The number of ketones is 1. The Balaban J connectivity index is 3.01. The Morgan fingerprint density at radius 3 is 3.00 bits per heavy atom. The molecule has 1 rings (SSSR count). The van der Waals surface area contributed by atoms with Gasteiger partial charge < -0.3 is 5.11 Å². The lowest BCUT2D eigenvalue weighted by atomic mass is 10.1. The maximum Gasteiger partial charge on any atom is 0.159 e. The predicted molar refractivity (Wildman–Crippen MR) is 41.2 cm³/mol. The fourth-order valence-electron chi connectivity index (χ4n) is 0.826. The molecule has 0 aliphatic rings. The van der Waals surface area contributed by atoms with E-state index in [0.29, 0.717) is 11.1 Å². The van der Waals surface area contributed by atoms with Crippen LogP contribution in [0.25, 0.3) is 0 Å². The summed E-state index contributed by atoms with van der Waals surface area (Å²) in [5, 5.41) is 8.70. The van der Waals surface area contributed by atoms with Crippen molar-refractivity contribution in [3.05, 3.63) is 35.4 Å². The van der Waals surface area contributed by atoms with Crippen LogP contribution >= 0.6 is 0 Å². The zero-order valence-electron chi connectivity index (χ0n) is 6.29. The summed E-state index contributed by atoms with van der Waals surface area (Å²) in [5.74, 6) is 0.00806. The summed E-state index contributed by atoms with van der Waals surface area (Å²) >= 11 is 0. The van der Waals surface area contributed by atoms with Gasteiger partial charge in [0.1, 0.15) is 0 Å². The first-order chi connectivity index (χ1) is 5.24. The summed E-state index contributed by atoms with van der Waals surface area (Å²) < 4.78 is 0. The van der Waals surface area contributed by atoms with Gasteiger partial charge in [0.2, 0.25) is 0 Å². The molecule has 0 fully saturated rings. The molecule has 0 amide bonds. The van der Waals surface area contributed by atoms with Crippen molar-refractivity contribution in [3.63, 3.8) is 0 Å². The summed E-state index contributed by atoms with van der Waals surface area (Å²) in [4.78, 5) is 10.8. The fraction of sp³-hybridized carbons (Fsp3) is 0.222. The van der Waals surface area contributed by atoms with Crippen molar-refractivity contribution < 1.29 is 9.90 Å². The van der Waals surface area contributed by atoms with Crippen LogP contribution in [-0.2, 0) is 6.61 Å². The predicted octanol–water partition coefficient (Wildman–Crippen LogP) is 1.18. The van der Waals surface area contributed by atoms with Crippen molar-refractivity contribution in [2.24, 2.45) is 0 Å². The van der Waals surface area contributed by atoms with Gasteiger partial charge in [-0.25, -0.2) is 0 Å². The van der Waals surface area contributed by atoms with Gasteiger partial charge in [-0.2, -0.15) is 0 Å². The highest BCUT2D eigenvalue weighted by molar-refractivity contribution is 5.94. The average molecular weight is 149 g/mol. The van der Waals surface area contributed by atoms with Crippen LogP contribution < -0.4 is 0 Å².